The van der Waals surface area contributed by atoms with E-state index in [1.807, 2.05) is 6.07 Å². The molecule has 2 aromatic rings. The second-order valence-electron chi connectivity index (χ2n) is 6.28. The van der Waals surface area contributed by atoms with Crippen LogP contribution in [0.3, 0.4) is 0 Å². The Bertz CT molecular complexity index is 559. The van der Waals surface area contributed by atoms with Gasteiger partial charge in [0.25, 0.3) is 0 Å². The predicted octanol–water partition coefficient (Wildman–Crippen LogP) is 3.18. The number of para-hydroxylation sites is 1. The van der Waals surface area contributed by atoms with Gasteiger partial charge in [-0.3, -0.25) is 4.90 Å². The molecule has 1 aromatic carbocycles. The fraction of sp³-hybridized carbons (Fsp3) is 0.529. The van der Waals surface area contributed by atoms with E-state index < -0.39 is 0 Å². The Morgan fingerprint density at radius 3 is 3.05 bits per heavy atom. The molecule has 2 aliphatic rings. The third-order valence-corrected chi connectivity index (χ3v) is 5.03. The number of benzene rings is 1. The molecule has 3 heterocycles. The van der Waals surface area contributed by atoms with Crippen molar-refractivity contribution in [3.8, 4) is 0 Å². The van der Waals surface area contributed by atoms with Crippen LogP contribution in [0.25, 0.3) is 11.0 Å². The van der Waals surface area contributed by atoms with Crippen LogP contribution in [0.15, 0.2) is 34.7 Å². The maximum absolute atomic E-state index is 6.03. The van der Waals surface area contributed by atoms with Crippen LogP contribution in [-0.4, -0.2) is 30.6 Å². The molecular weight excluding hydrogens is 248 g/mol. The minimum Gasteiger partial charge on any atom is -0.459 e. The van der Waals surface area contributed by atoms with E-state index in [2.05, 4.69) is 41.4 Å². The highest BCUT2D eigenvalue weighted by Gasteiger charge is 2.37. The molecule has 0 radical (unpaired) electrons. The lowest BCUT2D eigenvalue weighted by molar-refractivity contribution is 0.225. The van der Waals surface area contributed by atoms with Crippen LogP contribution in [0, 0.1) is 5.92 Å². The van der Waals surface area contributed by atoms with E-state index in [9.17, 15) is 0 Å². The Labute approximate surface area is 119 Å². The number of furan rings is 1. The maximum Gasteiger partial charge on any atom is 0.134 e. The van der Waals surface area contributed by atoms with Crippen molar-refractivity contribution in [2.75, 3.05) is 19.6 Å². The molecule has 4 rings (SSSR count). The summed E-state index contributed by atoms with van der Waals surface area (Å²) in [6.45, 7) is 5.82. The van der Waals surface area contributed by atoms with Crippen molar-refractivity contribution >= 4 is 11.0 Å². The van der Waals surface area contributed by atoms with Gasteiger partial charge in [-0.15, -0.1) is 0 Å². The van der Waals surface area contributed by atoms with Gasteiger partial charge >= 0.3 is 0 Å². The summed E-state index contributed by atoms with van der Waals surface area (Å²) in [5.41, 5.74) is 1.00. The topological polar surface area (TPSA) is 28.4 Å². The first-order valence-electron chi connectivity index (χ1n) is 7.77. The third kappa shape index (κ3) is 2.05. The largest absolute Gasteiger partial charge is 0.459 e. The zero-order chi connectivity index (χ0) is 13.5. The zero-order valence-corrected chi connectivity index (χ0v) is 12.0. The molecule has 3 nitrogen and oxygen atoms in total. The first-order chi connectivity index (χ1) is 9.81. The van der Waals surface area contributed by atoms with E-state index in [-0.39, 0.29) is 0 Å². The third-order valence-electron chi connectivity index (χ3n) is 5.03. The van der Waals surface area contributed by atoms with Gasteiger partial charge in [-0.2, -0.15) is 0 Å². The minimum atomic E-state index is 0.370. The smallest absolute Gasteiger partial charge is 0.134 e. The highest BCUT2D eigenvalue weighted by molar-refractivity contribution is 5.77. The first kappa shape index (κ1) is 12.4. The molecule has 0 bridgehead atoms. The Morgan fingerprint density at radius 1 is 1.30 bits per heavy atom. The van der Waals surface area contributed by atoms with Crippen LogP contribution >= 0.6 is 0 Å². The number of likely N-dealkylation sites (tertiary alicyclic amines) is 1. The summed E-state index contributed by atoms with van der Waals surface area (Å²) in [4.78, 5) is 2.57. The fourth-order valence-electron chi connectivity index (χ4n) is 3.78. The Balaban J connectivity index is 1.56. The highest BCUT2D eigenvalue weighted by Crippen LogP contribution is 2.33. The molecule has 0 amide bonds. The lowest BCUT2D eigenvalue weighted by atomic mass is 9.94. The molecule has 1 aromatic heterocycles. The molecule has 2 fully saturated rings. The number of nitrogens with one attached hydrogen (secondary N) is 1. The summed E-state index contributed by atoms with van der Waals surface area (Å²) in [7, 11) is 0. The Kier molecular flexibility index (Phi) is 3.04. The lowest BCUT2D eigenvalue weighted by Gasteiger charge is -2.24. The van der Waals surface area contributed by atoms with Crippen molar-refractivity contribution in [3.63, 3.8) is 0 Å². The van der Waals surface area contributed by atoms with Gasteiger partial charge in [0.15, 0.2) is 0 Å². The summed E-state index contributed by atoms with van der Waals surface area (Å²) in [6, 6.07) is 11.5. The molecule has 106 valence electrons. The molecular formula is C17H22N2O. The van der Waals surface area contributed by atoms with Crippen LogP contribution in [0.2, 0.25) is 0 Å². The maximum atomic E-state index is 6.03. The van der Waals surface area contributed by atoms with Crippen LogP contribution in [0.1, 0.15) is 31.6 Å². The fourth-order valence-corrected chi connectivity index (χ4v) is 3.78. The quantitative estimate of drug-likeness (QED) is 0.908. The molecule has 20 heavy (non-hydrogen) atoms. The van der Waals surface area contributed by atoms with E-state index in [0.717, 1.165) is 23.8 Å². The van der Waals surface area contributed by atoms with Crippen molar-refractivity contribution < 1.29 is 4.42 Å². The molecule has 1 unspecified atom stereocenters. The van der Waals surface area contributed by atoms with Crippen molar-refractivity contribution in [2.45, 2.75) is 31.8 Å². The summed E-state index contributed by atoms with van der Waals surface area (Å²) < 4.78 is 6.03. The van der Waals surface area contributed by atoms with Gasteiger partial charge < -0.3 is 9.73 Å². The first-order valence-corrected chi connectivity index (χ1v) is 7.77. The number of rotatable bonds is 2. The SMILES string of the molecule is CC(c1cc2ccccc2o1)N1C[C@@H]2CCCN[C@@H]2C1. The van der Waals surface area contributed by atoms with Crippen LogP contribution < -0.4 is 5.32 Å². The number of nitrogens with zero attached hydrogens (tertiary/aromatic N) is 1. The number of hydrogen-bond donors (Lipinski definition) is 1. The van der Waals surface area contributed by atoms with Crippen molar-refractivity contribution in [1.29, 1.82) is 0 Å². The van der Waals surface area contributed by atoms with Crippen molar-refractivity contribution in [2.24, 2.45) is 5.92 Å². The molecule has 0 aliphatic carbocycles. The van der Waals surface area contributed by atoms with Gasteiger partial charge in [0.1, 0.15) is 11.3 Å². The van der Waals surface area contributed by atoms with E-state index in [0.29, 0.717) is 12.1 Å². The van der Waals surface area contributed by atoms with Gasteiger partial charge in [0.2, 0.25) is 0 Å². The Morgan fingerprint density at radius 2 is 2.20 bits per heavy atom. The molecule has 0 saturated carbocycles. The normalized spacial score (nSPS) is 28.6. The Hall–Kier alpha value is -1.32. The van der Waals surface area contributed by atoms with Crippen LogP contribution in [0.4, 0.5) is 0 Å². The predicted molar refractivity (Wildman–Crippen MR) is 80.7 cm³/mol. The van der Waals surface area contributed by atoms with E-state index in [4.69, 9.17) is 4.42 Å². The van der Waals surface area contributed by atoms with E-state index >= 15 is 0 Å². The van der Waals surface area contributed by atoms with Crippen LogP contribution in [-0.2, 0) is 0 Å². The van der Waals surface area contributed by atoms with E-state index in [1.165, 1.54) is 31.3 Å². The molecule has 3 heteroatoms. The zero-order valence-electron chi connectivity index (χ0n) is 12.0. The van der Waals surface area contributed by atoms with Crippen molar-refractivity contribution in [3.05, 3.63) is 36.1 Å². The second-order valence-corrected chi connectivity index (χ2v) is 6.28. The molecule has 1 N–H and O–H groups in total. The monoisotopic (exact) mass is 270 g/mol. The summed E-state index contributed by atoms with van der Waals surface area (Å²) >= 11 is 0. The van der Waals surface area contributed by atoms with Gasteiger partial charge in [-0.1, -0.05) is 18.2 Å². The van der Waals surface area contributed by atoms with Gasteiger partial charge in [0.05, 0.1) is 6.04 Å². The molecule has 0 spiro atoms. The number of piperidine rings is 1. The number of fused-ring (bicyclic) bond motifs is 2. The minimum absolute atomic E-state index is 0.370. The van der Waals surface area contributed by atoms with Gasteiger partial charge in [0, 0.05) is 24.5 Å². The average molecular weight is 270 g/mol. The second kappa shape index (κ2) is 4.90. The summed E-state index contributed by atoms with van der Waals surface area (Å²) in [6.07, 6.45) is 2.70. The van der Waals surface area contributed by atoms with Gasteiger partial charge in [-0.25, -0.2) is 0 Å². The molecule has 2 aliphatic heterocycles. The van der Waals surface area contributed by atoms with Gasteiger partial charge in [-0.05, 0) is 44.4 Å². The lowest BCUT2D eigenvalue weighted by Crippen LogP contribution is -2.40. The number of hydrogen-bond acceptors (Lipinski definition) is 3. The standard InChI is InChI=1S/C17H22N2O/c1-12(17-9-13-5-2-3-7-16(13)20-17)19-10-14-6-4-8-18-15(14)11-19/h2-3,5,7,9,12,14-15,18H,4,6,8,10-11H2,1H3/t12?,14-,15+/m0/s1. The van der Waals surface area contributed by atoms with Crippen molar-refractivity contribution in [1.82, 2.24) is 10.2 Å². The van der Waals surface area contributed by atoms with E-state index in [1.54, 1.807) is 0 Å². The highest BCUT2D eigenvalue weighted by atomic mass is 16.3. The van der Waals surface area contributed by atoms with Crippen LogP contribution in [0.5, 0.6) is 0 Å². The summed E-state index contributed by atoms with van der Waals surface area (Å²) in [5, 5.41) is 4.88. The molecule has 2 saturated heterocycles. The average Bonchev–Trinajstić information content (AvgIpc) is 3.10. The summed E-state index contributed by atoms with van der Waals surface area (Å²) in [5.74, 6) is 1.93. The molecule has 3 atom stereocenters.